The van der Waals surface area contributed by atoms with Crippen molar-refractivity contribution in [3.8, 4) is 11.1 Å². The molecular weight excluding hydrogens is 528 g/mol. The van der Waals surface area contributed by atoms with Gasteiger partial charge in [-0.2, -0.15) is 18.3 Å². The molecule has 40 heavy (non-hydrogen) atoms. The first-order valence-corrected chi connectivity index (χ1v) is 13.1. The van der Waals surface area contributed by atoms with Crippen LogP contribution in [-0.4, -0.2) is 37.0 Å². The fourth-order valence-electron chi connectivity index (χ4n) is 4.64. The lowest BCUT2D eigenvalue weighted by atomic mass is 10.0. The van der Waals surface area contributed by atoms with E-state index in [4.69, 9.17) is 4.52 Å². The molecule has 0 atom stereocenters. The summed E-state index contributed by atoms with van der Waals surface area (Å²) < 4.78 is 61.5. The molecule has 1 saturated carbocycles. The van der Waals surface area contributed by atoms with Gasteiger partial charge in [0.05, 0.1) is 12.1 Å². The van der Waals surface area contributed by atoms with Crippen LogP contribution < -0.4 is 5.32 Å². The Kier molecular flexibility index (Phi) is 7.43. The number of anilines is 1. The number of carbonyl (C=O) groups excluding carboxylic acids is 1. The van der Waals surface area contributed by atoms with Crippen molar-refractivity contribution >= 4 is 11.7 Å². The van der Waals surface area contributed by atoms with Gasteiger partial charge < -0.3 is 9.84 Å². The zero-order valence-electron chi connectivity index (χ0n) is 22.1. The third-order valence-corrected chi connectivity index (χ3v) is 7.05. The number of amides is 1. The number of carbonyl (C=O) groups is 1. The van der Waals surface area contributed by atoms with E-state index in [1.807, 2.05) is 10.9 Å². The Morgan fingerprint density at radius 3 is 2.48 bits per heavy atom. The van der Waals surface area contributed by atoms with Crippen LogP contribution in [0.3, 0.4) is 0 Å². The molecule has 0 unspecified atom stereocenters. The molecule has 0 aliphatic heterocycles. The van der Waals surface area contributed by atoms with Crippen LogP contribution in [0.2, 0.25) is 0 Å². The number of halogens is 4. The molecule has 1 aliphatic rings. The van der Waals surface area contributed by atoms with E-state index >= 15 is 0 Å². The summed E-state index contributed by atoms with van der Waals surface area (Å²) in [6, 6.07) is 5.49. The van der Waals surface area contributed by atoms with Crippen molar-refractivity contribution in [2.24, 2.45) is 0 Å². The fourth-order valence-corrected chi connectivity index (χ4v) is 4.64. The Morgan fingerprint density at radius 1 is 1.10 bits per heavy atom. The van der Waals surface area contributed by atoms with Crippen molar-refractivity contribution in [1.29, 1.82) is 0 Å². The van der Waals surface area contributed by atoms with Crippen molar-refractivity contribution in [2.75, 3.05) is 5.32 Å². The van der Waals surface area contributed by atoms with Gasteiger partial charge in [-0.05, 0) is 42.9 Å². The number of aryl methyl sites for hydroxylation is 2. The third kappa shape index (κ3) is 5.61. The number of benzene rings is 1. The summed E-state index contributed by atoms with van der Waals surface area (Å²) in [5.41, 5.74) is 1.33. The maximum Gasteiger partial charge on any atom is 0.401 e. The molecule has 0 saturated heterocycles. The third-order valence-electron chi connectivity index (χ3n) is 7.05. The quantitative estimate of drug-likeness (QED) is 0.248. The van der Waals surface area contributed by atoms with Crippen LogP contribution in [0.4, 0.5) is 23.4 Å². The largest absolute Gasteiger partial charge is 0.401 e. The smallest absolute Gasteiger partial charge is 0.358 e. The molecule has 12 heteroatoms. The van der Waals surface area contributed by atoms with Crippen LogP contribution in [0.15, 0.2) is 47.4 Å². The van der Waals surface area contributed by atoms with Gasteiger partial charge >= 0.3 is 6.18 Å². The number of nitrogens with zero attached hydrogens (tertiary/aromatic N) is 5. The van der Waals surface area contributed by atoms with E-state index in [1.165, 1.54) is 12.1 Å². The van der Waals surface area contributed by atoms with Crippen LogP contribution in [-0.2, 0) is 36.0 Å². The monoisotopic (exact) mass is 556 g/mol. The van der Waals surface area contributed by atoms with Gasteiger partial charge in [-0.3, -0.25) is 9.48 Å². The highest BCUT2D eigenvalue weighted by atomic mass is 19.4. The molecule has 1 fully saturated rings. The normalized spacial score (nSPS) is 14.3. The minimum Gasteiger partial charge on any atom is -0.358 e. The van der Waals surface area contributed by atoms with Crippen LogP contribution in [0.1, 0.15) is 61.5 Å². The van der Waals surface area contributed by atoms with Gasteiger partial charge in [0.25, 0.3) is 0 Å². The Hall–Kier alpha value is -4.09. The highest BCUT2D eigenvalue weighted by Gasteiger charge is 2.66. The summed E-state index contributed by atoms with van der Waals surface area (Å²) in [6.07, 6.45) is 2.65. The second kappa shape index (κ2) is 10.8. The molecular formula is C28H28F4N6O2. The molecule has 1 N–H and O–H groups in total. The van der Waals surface area contributed by atoms with Gasteiger partial charge in [0, 0.05) is 48.7 Å². The summed E-state index contributed by atoms with van der Waals surface area (Å²) in [7, 11) is 0. The van der Waals surface area contributed by atoms with Crippen molar-refractivity contribution in [2.45, 2.75) is 70.5 Å². The second-order valence-corrected chi connectivity index (χ2v) is 9.97. The van der Waals surface area contributed by atoms with Crippen LogP contribution in [0, 0.1) is 5.82 Å². The number of hydrogen-bond acceptors (Lipinski definition) is 6. The van der Waals surface area contributed by atoms with Crippen molar-refractivity contribution in [3.05, 3.63) is 77.1 Å². The molecule has 1 aliphatic carbocycles. The lowest BCUT2D eigenvalue weighted by molar-refractivity contribution is -0.165. The van der Waals surface area contributed by atoms with E-state index < -0.39 is 23.3 Å². The van der Waals surface area contributed by atoms with Crippen molar-refractivity contribution in [1.82, 2.24) is 24.9 Å². The minimum absolute atomic E-state index is 0.0884. The number of hydrogen-bond donors (Lipinski definition) is 1. The number of nitrogens with one attached hydrogen (secondary N) is 1. The van der Waals surface area contributed by atoms with Crippen LogP contribution in [0.5, 0.6) is 0 Å². The summed E-state index contributed by atoms with van der Waals surface area (Å²) in [4.78, 5) is 21.3. The molecule has 8 nitrogen and oxygen atoms in total. The van der Waals surface area contributed by atoms with E-state index in [2.05, 4.69) is 39.4 Å². The number of alkyl halides is 3. The van der Waals surface area contributed by atoms with Gasteiger partial charge in [0.15, 0.2) is 11.6 Å². The number of rotatable bonds is 10. The maximum absolute atomic E-state index is 14.9. The highest BCUT2D eigenvalue weighted by molar-refractivity contribution is 5.91. The topological polar surface area (TPSA) is 98.7 Å². The van der Waals surface area contributed by atoms with E-state index in [1.54, 1.807) is 18.5 Å². The predicted octanol–water partition coefficient (Wildman–Crippen LogP) is 5.81. The Balaban J connectivity index is 1.21. The van der Waals surface area contributed by atoms with Gasteiger partial charge in [0.2, 0.25) is 5.91 Å². The molecule has 0 spiro atoms. The van der Waals surface area contributed by atoms with Gasteiger partial charge in [-0.15, -0.1) is 0 Å². The summed E-state index contributed by atoms with van der Waals surface area (Å²) >= 11 is 0. The number of aromatic nitrogens is 5. The average Bonchev–Trinajstić information content (AvgIpc) is 3.48. The first-order chi connectivity index (χ1) is 19.1. The van der Waals surface area contributed by atoms with Gasteiger partial charge in [-0.1, -0.05) is 31.1 Å². The molecule has 0 radical (unpaired) electrons. The van der Waals surface area contributed by atoms with E-state index in [9.17, 15) is 22.4 Å². The van der Waals surface area contributed by atoms with Gasteiger partial charge in [0.1, 0.15) is 17.1 Å². The first kappa shape index (κ1) is 27.5. The maximum atomic E-state index is 14.9. The van der Waals surface area contributed by atoms with Crippen LogP contribution in [0.25, 0.3) is 11.1 Å². The Labute approximate surface area is 227 Å². The fraction of sp³-hybridized carbons (Fsp3) is 0.393. The highest BCUT2D eigenvalue weighted by Crippen LogP contribution is 2.59. The molecule has 4 aromatic rings. The van der Waals surface area contributed by atoms with Crippen LogP contribution >= 0.6 is 0 Å². The average molecular weight is 557 g/mol. The Morgan fingerprint density at radius 2 is 1.85 bits per heavy atom. The predicted molar refractivity (Wildman–Crippen MR) is 138 cm³/mol. The van der Waals surface area contributed by atoms with Crippen molar-refractivity contribution < 1.29 is 26.9 Å². The van der Waals surface area contributed by atoms with E-state index in [0.717, 1.165) is 36.7 Å². The molecule has 3 heterocycles. The lowest BCUT2D eigenvalue weighted by Crippen LogP contribution is -2.28. The second-order valence-electron chi connectivity index (χ2n) is 9.97. The zero-order chi connectivity index (χ0) is 28.5. The molecule has 1 aromatic carbocycles. The zero-order valence-corrected chi connectivity index (χ0v) is 22.1. The molecule has 3 aromatic heterocycles. The molecule has 5 rings (SSSR count). The molecule has 210 valence electrons. The first-order valence-electron chi connectivity index (χ1n) is 13.1. The van der Waals surface area contributed by atoms with Crippen molar-refractivity contribution in [3.63, 3.8) is 0 Å². The Bertz CT molecular complexity index is 1510. The molecule has 1 amide bonds. The van der Waals surface area contributed by atoms with E-state index in [0.29, 0.717) is 23.4 Å². The molecule has 0 bridgehead atoms. The summed E-state index contributed by atoms with van der Waals surface area (Å²) in [5.74, 6) is -1.10. The lowest BCUT2D eigenvalue weighted by Gasteiger charge is -2.14. The SMILES string of the molecule is CCCn1cc(Cc2ncc(-c3ccc(CC(=O)Nc4cc(C5(C(F)(F)F)CC5)on4)c(F)c3)cn2)c(CC)n1. The minimum atomic E-state index is -4.46. The van der Waals surface area contributed by atoms with E-state index in [-0.39, 0.29) is 36.4 Å². The standard InChI is InChI=1S/C28H28F4N6O2/c1-3-9-38-16-19(22(4-2)36-38)11-24-33-14-20(15-34-24)17-5-6-18(21(29)10-17)12-26(39)35-25-13-23(40-37-25)27(7-8-27)28(30,31)32/h5-6,10,13-16H,3-4,7-9,11-12H2,1-2H3,(H,35,37,39). The van der Waals surface area contributed by atoms with Gasteiger partial charge in [-0.25, -0.2) is 14.4 Å². The summed E-state index contributed by atoms with van der Waals surface area (Å²) in [5, 5.41) is 10.5. The summed E-state index contributed by atoms with van der Waals surface area (Å²) in [6.45, 7) is 5.00.